The Labute approximate surface area is 187 Å². The Morgan fingerprint density at radius 3 is 2.38 bits per heavy atom. The van der Waals surface area contributed by atoms with Gasteiger partial charge in [-0.15, -0.1) is 24.0 Å². The van der Waals surface area contributed by atoms with Gasteiger partial charge in [0.25, 0.3) is 0 Å². The molecule has 0 bridgehead atoms. The molecule has 0 aliphatic carbocycles. The van der Waals surface area contributed by atoms with Gasteiger partial charge in [-0.05, 0) is 38.0 Å². The minimum atomic E-state index is -4.36. The van der Waals surface area contributed by atoms with E-state index in [0.29, 0.717) is 32.0 Å². The molecule has 0 aliphatic rings. The summed E-state index contributed by atoms with van der Waals surface area (Å²) >= 11 is 0. The highest BCUT2D eigenvalue weighted by molar-refractivity contribution is 14.0. The number of carbonyl (C=O) groups is 1. The summed E-state index contributed by atoms with van der Waals surface area (Å²) in [6, 6.07) is 6.45. The predicted molar refractivity (Wildman–Crippen MR) is 119 cm³/mol. The van der Waals surface area contributed by atoms with Gasteiger partial charge in [-0.3, -0.25) is 4.79 Å². The molecule has 0 aromatic heterocycles. The number of amides is 1. The quantitative estimate of drug-likeness (QED) is 0.246. The number of rotatable bonds is 10. The Kier molecular flexibility index (Phi) is 13.4. The van der Waals surface area contributed by atoms with Crippen molar-refractivity contribution >= 4 is 35.8 Å². The lowest BCUT2D eigenvalue weighted by atomic mass is 10.2. The number of guanidine groups is 1. The van der Waals surface area contributed by atoms with Crippen molar-refractivity contribution in [2.75, 3.05) is 19.7 Å². The van der Waals surface area contributed by atoms with Gasteiger partial charge in [-0.1, -0.05) is 19.1 Å². The SMILES string of the molecule is CCNC(=NCc1ccc(OCC(F)(F)F)cc1)NCCC(=O)NC(C)CC.I. The lowest BCUT2D eigenvalue weighted by molar-refractivity contribution is -0.153. The molecule has 1 unspecified atom stereocenters. The van der Waals surface area contributed by atoms with Crippen LogP contribution in [0, 0.1) is 0 Å². The maximum absolute atomic E-state index is 12.2. The molecule has 0 spiro atoms. The van der Waals surface area contributed by atoms with E-state index in [1.54, 1.807) is 12.1 Å². The first-order valence-electron chi connectivity index (χ1n) is 9.33. The van der Waals surface area contributed by atoms with Crippen molar-refractivity contribution in [3.63, 3.8) is 0 Å². The van der Waals surface area contributed by atoms with Crippen LogP contribution in [0.3, 0.4) is 0 Å². The van der Waals surface area contributed by atoms with Crippen LogP contribution in [0.15, 0.2) is 29.3 Å². The largest absolute Gasteiger partial charge is 0.484 e. The minimum Gasteiger partial charge on any atom is -0.484 e. The number of nitrogens with one attached hydrogen (secondary N) is 3. The fourth-order valence-electron chi connectivity index (χ4n) is 2.11. The van der Waals surface area contributed by atoms with Crippen LogP contribution in [-0.2, 0) is 11.3 Å². The number of carbonyl (C=O) groups excluding carboxylic acids is 1. The number of nitrogens with zero attached hydrogens (tertiary/aromatic N) is 1. The Balaban J connectivity index is 0.00000784. The lowest BCUT2D eigenvalue weighted by Gasteiger charge is -2.13. The van der Waals surface area contributed by atoms with Gasteiger partial charge in [0.1, 0.15) is 5.75 Å². The van der Waals surface area contributed by atoms with Crippen molar-refractivity contribution in [3.8, 4) is 5.75 Å². The first-order chi connectivity index (χ1) is 13.2. The zero-order valence-corrected chi connectivity index (χ0v) is 19.3. The van der Waals surface area contributed by atoms with E-state index < -0.39 is 12.8 Å². The second-order valence-corrected chi connectivity index (χ2v) is 6.30. The Bertz CT molecular complexity index is 625. The monoisotopic (exact) mass is 530 g/mol. The van der Waals surface area contributed by atoms with Crippen molar-refractivity contribution in [3.05, 3.63) is 29.8 Å². The van der Waals surface area contributed by atoms with Gasteiger partial charge < -0.3 is 20.7 Å². The topological polar surface area (TPSA) is 74.8 Å². The summed E-state index contributed by atoms with van der Waals surface area (Å²) in [6.07, 6.45) is -3.15. The van der Waals surface area contributed by atoms with E-state index in [0.717, 1.165) is 12.0 Å². The molecule has 0 saturated carbocycles. The first-order valence-corrected chi connectivity index (χ1v) is 9.33. The third kappa shape index (κ3) is 13.2. The van der Waals surface area contributed by atoms with Gasteiger partial charge in [0, 0.05) is 25.6 Å². The van der Waals surface area contributed by atoms with Crippen molar-refractivity contribution in [1.29, 1.82) is 0 Å². The van der Waals surface area contributed by atoms with Crippen LogP contribution in [0.5, 0.6) is 5.75 Å². The van der Waals surface area contributed by atoms with Crippen LogP contribution in [0.1, 0.15) is 39.2 Å². The molecule has 1 aromatic carbocycles. The summed E-state index contributed by atoms with van der Waals surface area (Å²) in [5.41, 5.74) is 0.825. The normalized spacial score (nSPS) is 12.6. The third-order valence-electron chi connectivity index (χ3n) is 3.75. The van der Waals surface area contributed by atoms with E-state index in [-0.39, 0.29) is 41.7 Å². The first kappa shape index (κ1) is 27.3. The standard InChI is InChI=1S/C19H29F3N4O2.HI/c1-4-14(3)26-17(27)10-11-24-18(23-5-2)25-12-15-6-8-16(9-7-15)28-13-19(20,21)22;/h6-9,14H,4-5,10-13H2,1-3H3,(H,26,27)(H2,23,24,25);1H. The molecule has 3 N–H and O–H groups in total. The van der Waals surface area contributed by atoms with Crippen LogP contribution >= 0.6 is 24.0 Å². The van der Waals surface area contributed by atoms with Crippen LogP contribution in [0.4, 0.5) is 13.2 Å². The van der Waals surface area contributed by atoms with Gasteiger partial charge in [0.15, 0.2) is 12.6 Å². The fraction of sp³-hybridized carbons (Fsp3) is 0.579. The van der Waals surface area contributed by atoms with Crippen LogP contribution < -0.4 is 20.7 Å². The second-order valence-electron chi connectivity index (χ2n) is 6.30. The number of halogens is 4. The van der Waals surface area contributed by atoms with E-state index in [2.05, 4.69) is 25.7 Å². The van der Waals surface area contributed by atoms with E-state index >= 15 is 0 Å². The maximum Gasteiger partial charge on any atom is 0.422 e. The van der Waals surface area contributed by atoms with Gasteiger partial charge in [0.2, 0.25) is 5.91 Å². The summed E-state index contributed by atoms with van der Waals surface area (Å²) in [5.74, 6) is 0.700. The molecule has 1 atom stereocenters. The summed E-state index contributed by atoms with van der Waals surface area (Å²) in [6.45, 7) is 6.02. The van der Waals surface area contributed by atoms with Crippen molar-refractivity contribution < 1.29 is 22.7 Å². The molecule has 0 fully saturated rings. The lowest BCUT2D eigenvalue weighted by Crippen LogP contribution is -2.40. The summed E-state index contributed by atoms with van der Waals surface area (Å²) < 4.78 is 41.1. The molecule has 1 aromatic rings. The number of benzene rings is 1. The zero-order valence-electron chi connectivity index (χ0n) is 16.9. The molecule has 0 saturated heterocycles. The molecule has 29 heavy (non-hydrogen) atoms. The van der Waals surface area contributed by atoms with Gasteiger partial charge in [-0.25, -0.2) is 4.99 Å². The third-order valence-corrected chi connectivity index (χ3v) is 3.75. The molecular weight excluding hydrogens is 500 g/mol. The van der Waals surface area contributed by atoms with Crippen molar-refractivity contribution in [2.24, 2.45) is 4.99 Å². The van der Waals surface area contributed by atoms with E-state index in [1.165, 1.54) is 12.1 Å². The Hall–Kier alpha value is -1.72. The van der Waals surface area contributed by atoms with Crippen molar-refractivity contribution in [2.45, 2.75) is 52.4 Å². The smallest absolute Gasteiger partial charge is 0.422 e. The molecular formula is C19H30F3IN4O2. The molecule has 0 heterocycles. The highest BCUT2D eigenvalue weighted by Gasteiger charge is 2.28. The molecule has 166 valence electrons. The number of ether oxygens (including phenoxy) is 1. The second kappa shape index (κ2) is 14.3. The van der Waals surface area contributed by atoms with E-state index in [9.17, 15) is 18.0 Å². The van der Waals surface area contributed by atoms with E-state index in [1.807, 2.05) is 20.8 Å². The molecule has 6 nitrogen and oxygen atoms in total. The summed E-state index contributed by atoms with van der Waals surface area (Å²) in [4.78, 5) is 16.2. The number of hydrogen-bond acceptors (Lipinski definition) is 3. The average molecular weight is 530 g/mol. The predicted octanol–water partition coefficient (Wildman–Crippen LogP) is 3.61. The van der Waals surface area contributed by atoms with Gasteiger partial charge in [-0.2, -0.15) is 13.2 Å². The van der Waals surface area contributed by atoms with Crippen LogP contribution in [0.25, 0.3) is 0 Å². The molecule has 10 heteroatoms. The molecule has 0 aliphatic heterocycles. The number of alkyl halides is 3. The number of aliphatic imine (C=N–C) groups is 1. The summed E-state index contributed by atoms with van der Waals surface area (Å²) in [7, 11) is 0. The van der Waals surface area contributed by atoms with Gasteiger partial charge in [0.05, 0.1) is 6.54 Å². The van der Waals surface area contributed by atoms with Gasteiger partial charge >= 0.3 is 6.18 Å². The average Bonchev–Trinajstić information content (AvgIpc) is 2.64. The number of hydrogen-bond donors (Lipinski definition) is 3. The molecule has 1 rings (SSSR count). The minimum absolute atomic E-state index is 0. The Morgan fingerprint density at radius 2 is 1.83 bits per heavy atom. The zero-order chi connectivity index (χ0) is 21.0. The highest BCUT2D eigenvalue weighted by Crippen LogP contribution is 2.19. The molecule has 1 amide bonds. The molecule has 0 radical (unpaired) electrons. The van der Waals surface area contributed by atoms with Crippen LogP contribution in [-0.4, -0.2) is 43.8 Å². The van der Waals surface area contributed by atoms with E-state index in [4.69, 9.17) is 0 Å². The Morgan fingerprint density at radius 1 is 1.17 bits per heavy atom. The summed E-state index contributed by atoms with van der Waals surface area (Å²) in [5, 5.41) is 9.07. The fourth-order valence-corrected chi connectivity index (χ4v) is 2.11. The highest BCUT2D eigenvalue weighted by atomic mass is 127. The van der Waals surface area contributed by atoms with Crippen LogP contribution in [0.2, 0.25) is 0 Å². The van der Waals surface area contributed by atoms with Crippen molar-refractivity contribution in [1.82, 2.24) is 16.0 Å². The maximum atomic E-state index is 12.2.